The van der Waals surface area contributed by atoms with E-state index in [2.05, 4.69) is 11.7 Å². The van der Waals surface area contributed by atoms with Gasteiger partial charge in [-0.15, -0.1) is 0 Å². The van der Waals surface area contributed by atoms with Crippen molar-refractivity contribution in [2.45, 2.75) is 82.7 Å². The smallest absolute Gasteiger partial charge is 0.460 e. The Morgan fingerprint density at radius 3 is 1.66 bits per heavy atom. The van der Waals surface area contributed by atoms with E-state index in [1.165, 1.54) is 44.2 Å². The minimum absolute atomic E-state index is 0.140. The number of hydrogen-bond donors (Lipinski definition) is 0. The van der Waals surface area contributed by atoms with Crippen LogP contribution in [-0.4, -0.2) is 42.9 Å². The second-order valence-electron chi connectivity index (χ2n) is 9.18. The number of carbonyl (C=O) groups is 2. The van der Waals surface area contributed by atoms with E-state index in [1.807, 2.05) is 0 Å². The van der Waals surface area contributed by atoms with Crippen LogP contribution in [0.25, 0.3) is 0 Å². The molecule has 2 aromatic rings. The summed E-state index contributed by atoms with van der Waals surface area (Å²) in [5.74, 6) is -15.5. The number of unbranched alkanes of at least 4 members (excludes halogenated alkanes) is 7. The fourth-order valence-electron chi connectivity index (χ4n) is 3.51. The van der Waals surface area contributed by atoms with Gasteiger partial charge in [0.15, 0.2) is 0 Å². The summed E-state index contributed by atoms with van der Waals surface area (Å²) in [6.07, 6.45) is -2.12. The number of benzene rings is 2. The molecule has 2 aromatic carbocycles. The van der Waals surface area contributed by atoms with Crippen LogP contribution < -0.4 is 9.47 Å². The second kappa shape index (κ2) is 15.0. The first-order chi connectivity index (χ1) is 19.2. The summed E-state index contributed by atoms with van der Waals surface area (Å²) in [5, 5.41) is 0. The van der Waals surface area contributed by atoms with Crippen molar-refractivity contribution in [1.82, 2.24) is 0 Å². The van der Waals surface area contributed by atoms with Gasteiger partial charge >= 0.3 is 36.3 Å². The number of rotatable bonds is 16. The summed E-state index contributed by atoms with van der Waals surface area (Å²) in [4.78, 5) is 24.2. The molecule has 228 valence electrons. The van der Waals surface area contributed by atoms with Crippen molar-refractivity contribution < 1.29 is 58.9 Å². The zero-order valence-corrected chi connectivity index (χ0v) is 22.1. The Bertz CT molecular complexity index is 1100. The Morgan fingerprint density at radius 1 is 0.683 bits per heavy atom. The van der Waals surface area contributed by atoms with Gasteiger partial charge in [0, 0.05) is 0 Å². The van der Waals surface area contributed by atoms with Crippen LogP contribution >= 0.6 is 0 Å². The molecule has 5 nitrogen and oxygen atoms in total. The molecule has 0 saturated carbocycles. The largest absolute Gasteiger partial charge is 0.494 e. The van der Waals surface area contributed by atoms with Crippen LogP contribution in [0.3, 0.4) is 0 Å². The van der Waals surface area contributed by atoms with E-state index < -0.39 is 41.9 Å². The fraction of sp³-hybridized carbons (Fsp3) is 0.500. The van der Waals surface area contributed by atoms with Gasteiger partial charge in [0.05, 0.1) is 17.7 Å². The number of esters is 2. The summed E-state index contributed by atoms with van der Waals surface area (Å²) in [7, 11) is 0. The zero-order chi connectivity index (χ0) is 30.7. The first kappa shape index (κ1) is 33.8. The molecule has 0 heterocycles. The lowest BCUT2D eigenvalue weighted by Gasteiger charge is -2.29. The first-order valence-corrected chi connectivity index (χ1v) is 12.9. The van der Waals surface area contributed by atoms with E-state index in [0.717, 1.165) is 43.5 Å². The van der Waals surface area contributed by atoms with E-state index >= 15 is 0 Å². The Labute approximate surface area is 231 Å². The third-order valence-corrected chi connectivity index (χ3v) is 5.93. The molecular weight excluding hydrogens is 568 g/mol. The van der Waals surface area contributed by atoms with Crippen LogP contribution in [0.15, 0.2) is 48.5 Å². The third kappa shape index (κ3) is 9.60. The summed E-state index contributed by atoms with van der Waals surface area (Å²) in [6.45, 7) is 2.70. The molecule has 0 spiro atoms. The molecule has 2 rings (SSSR count). The van der Waals surface area contributed by atoms with Gasteiger partial charge in [-0.2, -0.15) is 35.1 Å². The summed E-state index contributed by atoms with van der Waals surface area (Å²) < 4.78 is 117. The summed E-state index contributed by atoms with van der Waals surface area (Å²) >= 11 is 0. The maximum absolute atomic E-state index is 13.5. The maximum atomic E-state index is 13.5. The number of ether oxygens (including phenoxy) is 3. The molecule has 1 unspecified atom stereocenters. The Hall–Kier alpha value is -3.38. The number of alkyl halides is 8. The molecule has 13 heteroatoms. The molecule has 1 atom stereocenters. The van der Waals surface area contributed by atoms with Gasteiger partial charge in [-0.25, -0.2) is 9.59 Å². The lowest BCUT2D eigenvalue weighted by Crippen LogP contribution is -2.57. The molecule has 41 heavy (non-hydrogen) atoms. The highest BCUT2D eigenvalue weighted by Gasteiger charge is 2.77. The van der Waals surface area contributed by atoms with Crippen LogP contribution in [-0.2, 0) is 4.74 Å². The van der Waals surface area contributed by atoms with Crippen molar-refractivity contribution in [2.75, 3.05) is 6.61 Å². The molecule has 0 N–H and O–H groups in total. The predicted molar refractivity (Wildman–Crippen MR) is 132 cm³/mol. The van der Waals surface area contributed by atoms with Crippen LogP contribution in [0.4, 0.5) is 35.1 Å². The second-order valence-corrected chi connectivity index (χ2v) is 9.18. The standard InChI is InChI=1S/C28H30F8O5/c1-2-3-4-5-6-7-8-9-18-39-21-14-10-19(11-15-21)23(37)40-22-16-12-20(13-17-22)24(38)41-25(29)26(30,31)27(32,33)28(34,35)36/h10-17,25H,2-9,18H2,1H3. The van der Waals surface area contributed by atoms with E-state index in [1.54, 1.807) is 12.1 Å². The van der Waals surface area contributed by atoms with E-state index in [9.17, 15) is 44.7 Å². The maximum Gasteiger partial charge on any atom is 0.460 e. The van der Waals surface area contributed by atoms with Gasteiger partial charge in [0.2, 0.25) is 0 Å². The summed E-state index contributed by atoms with van der Waals surface area (Å²) in [5.41, 5.74) is -0.544. The van der Waals surface area contributed by atoms with Crippen molar-refractivity contribution in [1.29, 1.82) is 0 Å². The van der Waals surface area contributed by atoms with Gasteiger partial charge in [-0.05, 0) is 55.0 Å². The topological polar surface area (TPSA) is 61.8 Å². The Kier molecular flexibility index (Phi) is 12.4. The monoisotopic (exact) mass is 598 g/mol. The molecule has 0 radical (unpaired) electrons. The SMILES string of the molecule is CCCCCCCCCCOc1ccc(C(=O)Oc2ccc(C(=O)OC(F)C(F)(F)C(F)(F)C(F)(F)F)cc2)cc1. The molecule has 0 fully saturated rings. The van der Waals surface area contributed by atoms with E-state index in [4.69, 9.17) is 9.47 Å². The Morgan fingerprint density at radius 2 is 1.15 bits per heavy atom. The fourth-order valence-corrected chi connectivity index (χ4v) is 3.51. The average Bonchev–Trinajstić information content (AvgIpc) is 2.92. The van der Waals surface area contributed by atoms with Crippen molar-refractivity contribution in [3.63, 3.8) is 0 Å². The van der Waals surface area contributed by atoms with Crippen molar-refractivity contribution in [2.24, 2.45) is 0 Å². The minimum Gasteiger partial charge on any atom is -0.494 e. The van der Waals surface area contributed by atoms with Crippen LogP contribution in [0.1, 0.15) is 79.0 Å². The van der Waals surface area contributed by atoms with Crippen molar-refractivity contribution >= 4 is 11.9 Å². The van der Waals surface area contributed by atoms with Crippen LogP contribution in [0.5, 0.6) is 11.5 Å². The van der Waals surface area contributed by atoms with Gasteiger partial charge in [-0.1, -0.05) is 51.9 Å². The normalized spacial score (nSPS) is 13.0. The van der Waals surface area contributed by atoms with E-state index in [0.29, 0.717) is 12.4 Å². The molecule has 0 aliphatic heterocycles. The molecule has 0 saturated heterocycles. The quantitative estimate of drug-likeness (QED) is 0.0837. The molecule has 0 aromatic heterocycles. The highest BCUT2D eigenvalue weighted by atomic mass is 19.4. The third-order valence-electron chi connectivity index (χ3n) is 5.93. The van der Waals surface area contributed by atoms with Crippen LogP contribution in [0.2, 0.25) is 0 Å². The predicted octanol–water partition coefficient (Wildman–Crippen LogP) is 8.71. The first-order valence-electron chi connectivity index (χ1n) is 12.9. The van der Waals surface area contributed by atoms with Gasteiger partial charge < -0.3 is 14.2 Å². The molecule has 0 bridgehead atoms. The number of halogens is 8. The van der Waals surface area contributed by atoms with Crippen LogP contribution in [0, 0.1) is 0 Å². The lowest BCUT2D eigenvalue weighted by atomic mass is 10.1. The van der Waals surface area contributed by atoms with Gasteiger partial charge in [0.25, 0.3) is 0 Å². The highest BCUT2D eigenvalue weighted by molar-refractivity contribution is 5.92. The Balaban J connectivity index is 1.83. The minimum atomic E-state index is -6.80. The van der Waals surface area contributed by atoms with Gasteiger partial charge in [-0.3, -0.25) is 0 Å². The molecular formula is C28H30F8O5. The van der Waals surface area contributed by atoms with Gasteiger partial charge in [0.1, 0.15) is 11.5 Å². The number of carbonyl (C=O) groups excluding carboxylic acids is 2. The van der Waals surface area contributed by atoms with Crippen molar-refractivity contribution in [3.05, 3.63) is 59.7 Å². The average molecular weight is 599 g/mol. The molecule has 0 amide bonds. The van der Waals surface area contributed by atoms with Crippen molar-refractivity contribution in [3.8, 4) is 11.5 Å². The number of hydrogen-bond acceptors (Lipinski definition) is 5. The molecule has 0 aliphatic carbocycles. The molecule has 0 aliphatic rings. The van der Waals surface area contributed by atoms with E-state index in [-0.39, 0.29) is 11.3 Å². The lowest BCUT2D eigenvalue weighted by molar-refractivity contribution is -0.381. The highest BCUT2D eigenvalue weighted by Crippen LogP contribution is 2.49. The zero-order valence-electron chi connectivity index (χ0n) is 22.1. The summed E-state index contributed by atoms with van der Waals surface area (Å²) in [6, 6.07) is 9.62.